The summed E-state index contributed by atoms with van der Waals surface area (Å²) in [5.74, 6) is -1.20. The van der Waals surface area contributed by atoms with Gasteiger partial charge in [-0.15, -0.1) is 0 Å². The van der Waals surface area contributed by atoms with Gasteiger partial charge in [-0.05, 0) is 36.1 Å². The zero-order valence-corrected chi connectivity index (χ0v) is 19.8. The van der Waals surface area contributed by atoms with Crippen LogP contribution in [0, 0.1) is 5.82 Å². The Labute approximate surface area is 203 Å². The van der Waals surface area contributed by atoms with Gasteiger partial charge in [-0.2, -0.15) is 5.10 Å². The fourth-order valence-corrected chi connectivity index (χ4v) is 5.85. The summed E-state index contributed by atoms with van der Waals surface area (Å²) in [6, 6.07) is 14.9. The number of nitrogens with one attached hydrogen (secondary N) is 1. The summed E-state index contributed by atoms with van der Waals surface area (Å²) in [7, 11) is -3.91. The summed E-state index contributed by atoms with van der Waals surface area (Å²) >= 11 is 0. The number of carbonyl (C=O) groups excluding carboxylic acids is 1. The van der Waals surface area contributed by atoms with Gasteiger partial charge in [0.15, 0.2) is 5.65 Å². The van der Waals surface area contributed by atoms with Crippen LogP contribution in [0.4, 0.5) is 4.39 Å². The summed E-state index contributed by atoms with van der Waals surface area (Å²) in [5.41, 5.74) is 3.51. The lowest BCUT2D eigenvalue weighted by Crippen LogP contribution is -2.31. The molecular formula is C26H25FN4O3S. The molecule has 0 unspecified atom stereocenters. The van der Waals surface area contributed by atoms with Gasteiger partial charge in [0.2, 0.25) is 10.0 Å². The van der Waals surface area contributed by atoms with Crippen LogP contribution >= 0.6 is 0 Å². The Balaban J connectivity index is 1.52. The minimum atomic E-state index is -3.91. The van der Waals surface area contributed by atoms with Gasteiger partial charge in [0, 0.05) is 17.7 Å². The van der Waals surface area contributed by atoms with Crippen LogP contribution in [-0.2, 0) is 15.8 Å². The highest BCUT2D eigenvalue weighted by Gasteiger charge is 2.27. The fourth-order valence-electron chi connectivity index (χ4n) is 4.76. The first-order chi connectivity index (χ1) is 16.9. The second-order valence-electron chi connectivity index (χ2n) is 8.87. The van der Waals surface area contributed by atoms with Crippen molar-refractivity contribution in [2.75, 3.05) is 0 Å². The molecular weight excluding hydrogens is 467 g/mol. The number of hydrogen-bond acceptors (Lipinski definition) is 5. The largest absolute Gasteiger partial charge is 0.270 e. The lowest BCUT2D eigenvalue weighted by atomic mass is 9.84. The number of rotatable bonds is 6. The van der Waals surface area contributed by atoms with Gasteiger partial charge in [0.25, 0.3) is 5.91 Å². The molecule has 2 heterocycles. The Hall–Kier alpha value is -3.59. The molecule has 1 fully saturated rings. The highest BCUT2D eigenvalue weighted by molar-refractivity contribution is 7.89. The quantitative estimate of drug-likeness (QED) is 0.416. The highest BCUT2D eigenvalue weighted by Crippen LogP contribution is 2.38. The van der Waals surface area contributed by atoms with Gasteiger partial charge >= 0.3 is 0 Å². The molecule has 2 aromatic carbocycles. The molecule has 0 radical (unpaired) electrons. The minimum Gasteiger partial charge on any atom is -0.268 e. The second-order valence-corrected chi connectivity index (χ2v) is 10.6. The Morgan fingerprint density at radius 1 is 1.00 bits per heavy atom. The first kappa shape index (κ1) is 23.2. The van der Waals surface area contributed by atoms with Gasteiger partial charge in [-0.25, -0.2) is 27.0 Å². The van der Waals surface area contributed by atoms with Crippen molar-refractivity contribution in [1.29, 1.82) is 0 Å². The first-order valence-electron chi connectivity index (χ1n) is 11.6. The van der Waals surface area contributed by atoms with Crippen LogP contribution in [-0.4, -0.2) is 28.9 Å². The number of aromatic nitrogens is 3. The van der Waals surface area contributed by atoms with E-state index in [9.17, 15) is 17.6 Å². The van der Waals surface area contributed by atoms with Crippen LogP contribution in [0.5, 0.6) is 0 Å². The third kappa shape index (κ3) is 4.95. The van der Waals surface area contributed by atoms with E-state index in [-0.39, 0.29) is 23.1 Å². The molecule has 0 bridgehead atoms. The van der Waals surface area contributed by atoms with E-state index in [2.05, 4.69) is 14.8 Å². The summed E-state index contributed by atoms with van der Waals surface area (Å²) in [4.78, 5) is 17.5. The van der Waals surface area contributed by atoms with Crippen molar-refractivity contribution in [2.24, 2.45) is 0 Å². The van der Waals surface area contributed by atoms with Crippen LogP contribution in [0.25, 0.3) is 16.8 Å². The molecule has 7 nitrogen and oxygen atoms in total. The molecule has 4 aromatic rings. The summed E-state index contributed by atoms with van der Waals surface area (Å²) in [6.45, 7) is 0. The summed E-state index contributed by atoms with van der Waals surface area (Å²) in [5, 5.41) is 4.46. The molecule has 1 aliphatic rings. The lowest BCUT2D eigenvalue weighted by molar-refractivity contribution is 0.0982. The first-order valence-corrected chi connectivity index (χ1v) is 13.3. The predicted octanol–water partition coefficient (Wildman–Crippen LogP) is 4.84. The van der Waals surface area contributed by atoms with Gasteiger partial charge in [0.1, 0.15) is 11.4 Å². The lowest BCUT2D eigenvalue weighted by Gasteiger charge is -2.25. The van der Waals surface area contributed by atoms with E-state index in [0.717, 1.165) is 42.5 Å². The fraction of sp³-hybridized carbons (Fsp3) is 0.269. The smallest absolute Gasteiger partial charge is 0.268 e. The molecule has 0 atom stereocenters. The molecule has 180 valence electrons. The number of amides is 1. The Bertz CT molecular complexity index is 1460. The van der Waals surface area contributed by atoms with E-state index >= 15 is 0 Å². The molecule has 0 saturated heterocycles. The van der Waals surface area contributed by atoms with E-state index in [1.807, 2.05) is 0 Å². The van der Waals surface area contributed by atoms with Crippen molar-refractivity contribution >= 4 is 21.6 Å². The van der Waals surface area contributed by atoms with Crippen molar-refractivity contribution in [2.45, 2.75) is 43.8 Å². The monoisotopic (exact) mass is 492 g/mol. The Morgan fingerprint density at radius 3 is 2.43 bits per heavy atom. The third-order valence-electron chi connectivity index (χ3n) is 6.40. The van der Waals surface area contributed by atoms with Gasteiger partial charge in [-0.3, -0.25) is 4.79 Å². The van der Waals surface area contributed by atoms with E-state index in [1.165, 1.54) is 24.8 Å². The second kappa shape index (κ2) is 9.58. The molecule has 1 N–H and O–H groups in total. The average molecular weight is 493 g/mol. The van der Waals surface area contributed by atoms with E-state index < -0.39 is 15.9 Å². The van der Waals surface area contributed by atoms with Crippen LogP contribution in [0.1, 0.15) is 59.6 Å². The normalized spacial score (nSPS) is 14.8. The number of fused-ring (bicyclic) bond motifs is 1. The number of benzene rings is 2. The maximum Gasteiger partial charge on any atom is 0.270 e. The third-order valence-corrected chi connectivity index (χ3v) is 7.61. The molecule has 5 rings (SSSR count). The van der Waals surface area contributed by atoms with Crippen LogP contribution in [0.2, 0.25) is 0 Å². The molecule has 9 heteroatoms. The number of halogens is 1. The van der Waals surface area contributed by atoms with Crippen molar-refractivity contribution in [1.82, 2.24) is 19.3 Å². The molecule has 1 amide bonds. The number of hydrogen-bond donors (Lipinski definition) is 1. The van der Waals surface area contributed by atoms with Gasteiger partial charge < -0.3 is 0 Å². The Morgan fingerprint density at radius 2 is 1.71 bits per heavy atom. The van der Waals surface area contributed by atoms with Crippen LogP contribution in [0.3, 0.4) is 0 Å². The van der Waals surface area contributed by atoms with Crippen molar-refractivity contribution in [3.63, 3.8) is 0 Å². The Kier molecular flexibility index (Phi) is 6.34. The predicted molar refractivity (Wildman–Crippen MR) is 131 cm³/mol. The molecule has 1 saturated carbocycles. The topological polar surface area (TPSA) is 93.4 Å². The zero-order chi connectivity index (χ0) is 24.4. The molecule has 0 spiro atoms. The standard InChI is InChI=1S/C26H25FN4O3S/c27-21-13-11-19(12-14-21)22-15-28-25-23(16-29-31(25)24(22)20-9-5-2-6-10-20)26(32)30-35(33,34)17-18-7-3-1-4-8-18/h1,3-4,7-8,11-16,20H,2,5-6,9-10,17H2,(H,30,32). The van der Waals surface area contributed by atoms with Crippen LogP contribution in [0.15, 0.2) is 67.0 Å². The zero-order valence-electron chi connectivity index (χ0n) is 19.0. The minimum absolute atomic E-state index is 0.0874. The number of carbonyl (C=O) groups is 1. The van der Waals surface area contributed by atoms with Crippen LogP contribution < -0.4 is 4.72 Å². The van der Waals surface area contributed by atoms with E-state index in [1.54, 1.807) is 53.2 Å². The number of nitrogens with zero attached hydrogens (tertiary/aromatic N) is 3. The number of sulfonamides is 1. The maximum atomic E-state index is 13.5. The SMILES string of the molecule is O=C(NS(=O)(=O)Cc1ccccc1)c1cnn2c(C3CCCCC3)c(-c3ccc(F)cc3)cnc12. The molecule has 1 aliphatic carbocycles. The molecule has 0 aliphatic heterocycles. The maximum absolute atomic E-state index is 13.5. The average Bonchev–Trinajstić information content (AvgIpc) is 3.29. The highest BCUT2D eigenvalue weighted by atomic mass is 32.2. The van der Waals surface area contributed by atoms with Crippen molar-refractivity contribution in [3.8, 4) is 11.1 Å². The van der Waals surface area contributed by atoms with E-state index in [0.29, 0.717) is 11.2 Å². The molecule has 35 heavy (non-hydrogen) atoms. The van der Waals surface area contributed by atoms with E-state index in [4.69, 9.17) is 0 Å². The van der Waals surface area contributed by atoms with Crippen molar-refractivity contribution < 1.29 is 17.6 Å². The molecule has 2 aromatic heterocycles. The summed E-state index contributed by atoms with van der Waals surface area (Å²) < 4.78 is 42.6. The van der Waals surface area contributed by atoms with Crippen molar-refractivity contribution in [3.05, 3.63) is 89.6 Å². The van der Waals surface area contributed by atoms with Gasteiger partial charge in [0.05, 0.1) is 17.6 Å². The summed E-state index contributed by atoms with van der Waals surface area (Å²) in [6.07, 6.45) is 8.32. The van der Waals surface area contributed by atoms with Gasteiger partial charge in [-0.1, -0.05) is 61.7 Å².